The van der Waals surface area contributed by atoms with Gasteiger partial charge in [0.05, 0.1) is 18.0 Å². The van der Waals surface area contributed by atoms with E-state index in [1.165, 1.54) is 22.3 Å². The van der Waals surface area contributed by atoms with Crippen LogP contribution in [0.5, 0.6) is 11.5 Å². The van der Waals surface area contributed by atoms with Gasteiger partial charge in [-0.05, 0) is 158 Å². The largest absolute Gasteiger partial charge is 0.494 e. The fraction of sp³-hybridized carbons (Fsp3) is 0.360. The number of ketones is 2. The molecule has 24 nitrogen and oxygen atoms in total. The number of benzene rings is 4. The number of hydrogen-bond donors (Lipinski definition) is 4. The van der Waals surface area contributed by atoms with Gasteiger partial charge in [-0.3, -0.25) is 19.2 Å². The summed E-state index contributed by atoms with van der Waals surface area (Å²) in [6, 6.07) is 36.2. The van der Waals surface area contributed by atoms with E-state index < -0.39 is 35.4 Å². The number of ether oxygens (including phenoxy) is 2. The normalized spacial score (nSPS) is 16.8. The quantitative estimate of drug-likeness (QED) is 0.0225. The van der Waals surface area contributed by atoms with Crippen molar-refractivity contribution in [2.75, 3.05) is 6.61 Å². The number of aromatic nitrogens is 12. The zero-order valence-electron chi connectivity index (χ0n) is 65.5. The Labute approximate surface area is 653 Å². The van der Waals surface area contributed by atoms with E-state index in [1.54, 1.807) is 6.92 Å². The van der Waals surface area contributed by atoms with E-state index in [4.69, 9.17) is 59.0 Å². The first kappa shape index (κ1) is 76.2. The van der Waals surface area contributed by atoms with Crippen molar-refractivity contribution in [3.63, 3.8) is 0 Å². The fourth-order valence-electron chi connectivity index (χ4n) is 16.9. The van der Waals surface area contributed by atoms with Crippen LogP contribution in [0.4, 0.5) is 0 Å². The van der Waals surface area contributed by atoms with Crippen molar-refractivity contribution < 1.29 is 43.1 Å². The maximum atomic E-state index is 14.3. The number of carbonyl (C=O) groups is 5. The van der Waals surface area contributed by atoms with Crippen LogP contribution in [0.15, 0.2) is 115 Å². The average Bonchev–Trinajstić information content (AvgIpc) is 1.61. The average molecular weight is 1520 g/mol. The highest BCUT2D eigenvalue weighted by atomic mass is 16.7. The van der Waals surface area contributed by atoms with Gasteiger partial charge in [0, 0.05) is 110 Å². The van der Waals surface area contributed by atoms with E-state index in [1.807, 2.05) is 97.9 Å². The van der Waals surface area contributed by atoms with Gasteiger partial charge in [-0.2, -0.15) is 0 Å². The molecule has 24 heteroatoms. The second-order valence-corrected chi connectivity index (χ2v) is 29.3. The maximum Gasteiger partial charge on any atom is 0.333 e. The van der Waals surface area contributed by atoms with Crippen LogP contribution in [-0.4, -0.2) is 113 Å². The number of unbranched alkanes of at least 4 members (excludes halogenated alkanes) is 2. The molecule has 578 valence electrons. The molecule has 16 bridgehead atoms. The van der Waals surface area contributed by atoms with Crippen LogP contribution >= 0.6 is 0 Å². The first-order valence-electron chi connectivity index (χ1n) is 39.9. The highest BCUT2D eigenvalue weighted by Gasteiger charge is 2.49. The van der Waals surface area contributed by atoms with E-state index in [9.17, 15) is 28.9 Å². The zero-order chi connectivity index (χ0) is 78.9. The van der Waals surface area contributed by atoms with Crippen molar-refractivity contribution in [3.8, 4) is 57.1 Å². The van der Waals surface area contributed by atoms with Crippen LogP contribution in [0.3, 0.4) is 0 Å². The lowest BCUT2D eigenvalue weighted by molar-refractivity contribution is -0.198. The number of rotatable bonds is 21. The van der Waals surface area contributed by atoms with Crippen molar-refractivity contribution in [3.05, 3.63) is 159 Å². The number of allylic oxidation sites excluding steroid dienone is 4. The summed E-state index contributed by atoms with van der Waals surface area (Å²) in [5, 5.41) is 7.01. The van der Waals surface area contributed by atoms with Crippen LogP contribution in [-0.2, 0) is 59.3 Å². The number of aromatic amines is 4. The highest BCUT2D eigenvalue weighted by Crippen LogP contribution is 2.48. The first-order chi connectivity index (χ1) is 55.0. The molecular formula is C89H92N14O10. The molecule has 3 unspecified atom stereocenters. The fourth-order valence-corrected chi connectivity index (χ4v) is 16.9. The van der Waals surface area contributed by atoms with Crippen molar-refractivity contribution >= 4 is 118 Å². The number of nitrogens with zero attached hydrogens (tertiary/aromatic N) is 10. The van der Waals surface area contributed by atoms with Gasteiger partial charge >= 0.3 is 5.97 Å². The minimum atomic E-state index is -1.45. The van der Waals surface area contributed by atoms with Crippen molar-refractivity contribution in [1.29, 1.82) is 0 Å². The van der Waals surface area contributed by atoms with Crippen LogP contribution < -0.4 is 9.47 Å². The molecule has 4 N–H and O–H groups in total. The summed E-state index contributed by atoms with van der Waals surface area (Å²) < 4.78 is 13.3. The standard InChI is InChI=1S/C46H59N5O5.C43H33N9O5/c1-10-27-29(12-3)37-24-39-31(14-5)33(16-7)42(49-39)44(55-45-41(53)20-19-26(52)21-22-46(45,18-9)56-51-54)43-34(17-8)32(15-6)40(50-43)25-38-30(13-4)28(11-2)36(48-38)23-35(27)47-37;1-23-21-33(53)52(43(23)55)57-34(54)17-3-2-10-20-56-24-18-19-31-32(22-24)42-50-40-30-16-9-8-15-29(30)38(48-40)46-36-26-12-5-4-11-25(26)35(44-36)45-37-27-13-6-7-14-28(27)39(47-37)49-41(31)51-42/h23-25,45,47-48H,10-22H2,1-9H3;4-9,11-16,18-19,22-23H,2-3,10,17,20-21H2,1H3,(H2,44,45,46,47,48,49,50,51). The maximum absolute atomic E-state index is 14.3. The van der Waals surface area contributed by atoms with Gasteiger partial charge in [0.1, 0.15) is 45.5 Å². The molecule has 10 aromatic rings. The summed E-state index contributed by atoms with van der Waals surface area (Å²) in [6.07, 6.45) is 7.66. The summed E-state index contributed by atoms with van der Waals surface area (Å²) in [6.45, 7) is 21.2. The molecule has 1 aliphatic carbocycles. The summed E-state index contributed by atoms with van der Waals surface area (Å²) in [5.74, 6) is 0.652. The molecule has 6 aliphatic rings. The predicted octanol–water partition coefficient (Wildman–Crippen LogP) is 19.0. The molecule has 0 spiro atoms. The van der Waals surface area contributed by atoms with Crippen LogP contribution in [0.25, 0.3) is 134 Å². The lowest BCUT2D eigenvalue weighted by atomic mass is 9.81. The third kappa shape index (κ3) is 14.2. The Bertz CT molecular complexity index is 5850. The molecule has 0 radical (unpaired) electrons. The van der Waals surface area contributed by atoms with Gasteiger partial charge in [0.2, 0.25) is 0 Å². The third-order valence-corrected chi connectivity index (χ3v) is 22.7. The molecule has 11 heterocycles. The zero-order valence-corrected chi connectivity index (χ0v) is 65.5. The van der Waals surface area contributed by atoms with Crippen LogP contribution in [0.2, 0.25) is 0 Å². The van der Waals surface area contributed by atoms with Gasteiger partial charge in [-0.25, -0.2) is 44.7 Å². The number of nitrogens with one attached hydrogen (secondary N) is 4. The number of imide groups is 1. The molecule has 4 aromatic carbocycles. The molecule has 2 fully saturated rings. The summed E-state index contributed by atoms with van der Waals surface area (Å²) in [5.41, 5.74) is 20.9. The Hall–Kier alpha value is -12.2. The van der Waals surface area contributed by atoms with Gasteiger partial charge in [-0.15, -0.1) is 9.97 Å². The minimum Gasteiger partial charge on any atom is -0.494 e. The second-order valence-electron chi connectivity index (χ2n) is 29.3. The molecule has 1 saturated carbocycles. The molecule has 113 heavy (non-hydrogen) atoms. The van der Waals surface area contributed by atoms with E-state index in [0.717, 1.165) is 138 Å². The Balaban J connectivity index is 0.000000178. The number of Topliss-reactive ketones (excluding diaryl/α,β-unsaturated/α-hetero) is 2. The molecule has 2 amide bonds. The van der Waals surface area contributed by atoms with E-state index in [2.05, 4.69) is 98.9 Å². The highest BCUT2D eigenvalue weighted by molar-refractivity contribution is 6.07. The van der Waals surface area contributed by atoms with Crippen LogP contribution in [0.1, 0.15) is 204 Å². The number of amides is 2. The topological polar surface area (TPSA) is 321 Å². The van der Waals surface area contributed by atoms with Gasteiger partial charge in [0.25, 0.3) is 11.8 Å². The monoisotopic (exact) mass is 1520 g/mol. The number of fused-ring (bicyclic) bond motifs is 28. The molecule has 1 saturated heterocycles. The predicted molar refractivity (Wildman–Crippen MR) is 438 cm³/mol. The second kappa shape index (κ2) is 32.2. The van der Waals surface area contributed by atoms with Crippen LogP contribution in [0, 0.1) is 10.8 Å². The van der Waals surface area contributed by atoms with Gasteiger partial charge in [0.15, 0.2) is 51.9 Å². The molecule has 6 aromatic heterocycles. The van der Waals surface area contributed by atoms with E-state index in [-0.39, 0.29) is 56.5 Å². The minimum absolute atomic E-state index is 0.0240. The number of H-pyrrole nitrogens is 4. The molecule has 16 rings (SSSR count). The number of carbonyl (C=O) groups excluding carboxylic acids is 5. The summed E-state index contributed by atoms with van der Waals surface area (Å²) >= 11 is 0. The number of aryl methyl sites for hydroxylation is 4. The number of hydrogen-bond acceptors (Lipinski definition) is 19. The molecular weight excluding hydrogens is 1430 g/mol. The SMILES string of the molecule is CC1CC(=O)N(OC(=O)CCCCCOc2ccc3c(c2)-c2nc-3nc3[nH]c(nc4nc(nc5[nH]c(n2)c2ccccc52)-c2ccccc2-4)c2ccccc32)C1=O.CCC1=C(CC)c2nc1cc1[nH]c(cc3[nH]c(cc4nc(c2OC2C(=O)CCC(=O)CCC2(CC)ON=O)C(CC)=C4CC)c(CC)c3CC)c(CC)c1CC. The first-order valence-corrected chi connectivity index (χ1v) is 39.9. The Kier molecular flexibility index (Phi) is 21.7. The Morgan fingerprint density at radius 1 is 0.504 bits per heavy atom. The number of hydroxylamine groups is 2. The van der Waals surface area contributed by atoms with E-state index >= 15 is 0 Å². The smallest absolute Gasteiger partial charge is 0.333 e. The third-order valence-electron chi connectivity index (χ3n) is 22.7. The van der Waals surface area contributed by atoms with Crippen molar-refractivity contribution in [1.82, 2.24) is 64.9 Å². The van der Waals surface area contributed by atoms with Gasteiger partial charge in [-0.1, -0.05) is 142 Å². The lowest BCUT2D eigenvalue weighted by Crippen LogP contribution is -2.52. The Morgan fingerprint density at radius 2 is 0.973 bits per heavy atom. The molecule has 3 atom stereocenters. The summed E-state index contributed by atoms with van der Waals surface area (Å²) in [4.78, 5) is 141. The van der Waals surface area contributed by atoms with E-state index in [0.29, 0.717) is 113 Å². The Morgan fingerprint density at radius 3 is 1.42 bits per heavy atom. The van der Waals surface area contributed by atoms with Gasteiger partial charge < -0.3 is 39.1 Å². The molecule has 5 aliphatic heterocycles. The lowest BCUT2D eigenvalue weighted by Gasteiger charge is -2.37. The van der Waals surface area contributed by atoms with Crippen molar-refractivity contribution in [2.24, 2.45) is 11.3 Å². The van der Waals surface area contributed by atoms with Crippen molar-refractivity contribution in [2.45, 2.75) is 197 Å². The summed E-state index contributed by atoms with van der Waals surface area (Å²) in [7, 11) is 0.